The lowest BCUT2D eigenvalue weighted by Crippen LogP contribution is -2.05. The molecule has 2 aromatic rings. The lowest BCUT2D eigenvalue weighted by atomic mass is 10.1. The Morgan fingerprint density at radius 1 is 1.38 bits per heavy atom. The molecule has 1 heterocycles. The van der Waals surface area contributed by atoms with Crippen LogP contribution in [0.2, 0.25) is 0 Å². The van der Waals surface area contributed by atoms with Crippen molar-refractivity contribution in [2.75, 3.05) is 7.11 Å². The summed E-state index contributed by atoms with van der Waals surface area (Å²) in [5.74, 6) is 1.42. The third-order valence-electron chi connectivity index (χ3n) is 3.18. The van der Waals surface area contributed by atoms with Crippen LogP contribution in [0.1, 0.15) is 23.9 Å². The van der Waals surface area contributed by atoms with E-state index in [1.807, 2.05) is 32.0 Å². The number of hydrogen-bond acceptors (Lipinski definition) is 4. The molecule has 0 amide bonds. The van der Waals surface area contributed by atoms with Crippen LogP contribution in [0.4, 0.5) is 0 Å². The van der Waals surface area contributed by atoms with Gasteiger partial charge in [-0.2, -0.15) is 0 Å². The molecule has 21 heavy (non-hydrogen) atoms. The molecule has 0 unspecified atom stereocenters. The smallest absolute Gasteiger partial charge is 0.280 e. The second-order valence-electron chi connectivity index (χ2n) is 4.73. The molecule has 0 atom stereocenters. The summed E-state index contributed by atoms with van der Waals surface area (Å²) in [6.07, 6.45) is 2.07. The molecule has 0 bridgehead atoms. The van der Waals surface area contributed by atoms with E-state index in [9.17, 15) is 8.42 Å². The molecule has 7 heteroatoms. The summed E-state index contributed by atoms with van der Waals surface area (Å²) >= 11 is 0. The summed E-state index contributed by atoms with van der Waals surface area (Å²) < 4.78 is 29.9. The third kappa shape index (κ3) is 3.57. The van der Waals surface area contributed by atoms with Crippen LogP contribution < -0.4 is 4.74 Å². The van der Waals surface area contributed by atoms with E-state index in [-0.39, 0.29) is 5.03 Å². The van der Waals surface area contributed by atoms with Gasteiger partial charge in [-0.1, -0.05) is 24.6 Å². The molecule has 2 rings (SSSR count). The number of benzene rings is 1. The van der Waals surface area contributed by atoms with Crippen LogP contribution in [0.3, 0.4) is 0 Å². The number of rotatable bonds is 5. The van der Waals surface area contributed by atoms with Gasteiger partial charge in [0, 0.05) is 28.9 Å². The van der Waals surface area contributed by atoms with Gasteiger partial charge in [-0.25, -0.2) is 13.4 Å². The first-order chi connectivity index (χ1) is 9.85. The van der Waals surface area contributed by atoms with E-state index >= 15 is 0 Å². The molecule has 0 radical (unpaired) electrons. The summed E-state index contributed by atoms with van der Waals surface area (Å²) in [6.45, 7) is 4.39. The molecule has 114 valence electrons. The first-order valence-electron chi connectivity index (χ1n) is 6.49. The van der Waals surface area contributed by atoms with Crippen molar-refractivity contribution in [3.05, 3.63) is 41.3 Å². The second-order valence-corrected chi connectivity index (χ2v) is 7.24. The van der Waals surface area contributed by atoms with E-state index in [1.54, 1.807) is 11.7 Å². The summed E-state index contributed by atoms with van der Waals surface area (Å²) in [4.78, 5) is 4.08. The second kappa shape index (κ2) is 6.07. The quantitative estimate of drug-likeness (QED) is 0.792. The zero-order valence-corrected chi connectivity index (χ0v) is 13.7. The Morgan fingerprint density at radius 3 is 2.67 bits per heavy atom. The lowest BCUT2D eigenvalue weighted by molar-refractivity contribution is 0.408. The van der Waals surface area contributed by atoms with Crippen LogP contribution in [0, 0.1) is 6.92 Å². The Labute approximate surface area is 128 Å². The average molecular weight is 329 g/mol. The van der Waals surface area contributed by atoms with Crippen molar-refractivity contribution in [2.45, 2.75) is 31.8 Å². The number of aromatic nitrogens is 2. The maximum absolute atomic E-state index is 11.4. The maximum atomic E-state index is 11.4. The molecule has 0 saturated carbocycles. The van der Waals surface area contributed by atoms with Crippen molar-refractivity contribution in [3.63, 3.8) is 0 Å². The maximum Gasteiger partial charge on any atom is 0.280 e. The van der Waals surface area contributed by atoms with Crippen LogP contribution >= 0.6 is 10.7 Å². The summed E-state index contributed by atoms with van der Waals surface area (Å²) in [7, 11) is 3.15. The van der Waals surface area contributed by atoms with Gasteiger partial charge in [-0.15, -0.1) is 0 Å². The molecule has 0 fully saturated rings. The predicted octanol–water partition coefficient (Wildman–Crippen LogP) is 2.74. The van der Waals surface area contributed by atoms with Crippen LogP contribution in [0.15, 0.2) is 29.4 Å². The largest absolute Gasteiger partial charge is 0.496 e. The number of halogens is 1. The minimum Gasteiger partial charge on any atom is -0.496 e. The van der Waals surface area contributed by atoms with Crippen LogP contribution in [-0.2, 0) is 22.0 Å². The predicted molar refractivity (Wildman–Crippen MR) is 81.5 cm³/mol. The highest BCUT2D eigenvalue weighted by Gasteiger charge is 2.18. The first-order valence-corrected chi connectivity index (χ1v) is 8.80. The fourth-order valence-electron chi connectivity index (χ4n) is 2.18. The molecule has 0 saturated heterocycles. The summed E-state index contributed by atoms with van der Waals surface area (Å²) in [6, 6.07) is 5.87. The van der Waals surface area contributed by atoms with E-state index < -0.39 is 9.05 Å². The van der Waals surface area contributed by atoms with Crippen LogP contribution in [-0.4, -0.2) is 25.1 Å². The van der Waals surface area contributed by atoms with Gasteiger partial charge < -0.3 is 9.30 Å². The Hall–Kier alpha value is -1.53. The van der Waals surface area contributed by atoms with E-state index in [4.69, 9.17) is 15.4 Å². The van der Waals surface area contributed by atoms with E-state index in [0.29, 0.717) is 18.8 Å². The van der Waals surface area contributed by atoms with Gasteiger partial charge in [0.15, 0.2) is 5.03 Å². The van der Waals surface area contributed by atoms with Gasteiger partial charge in [0.2, 0.25) is 0 Å². The highest BCUT2D eigenvalue weighted by Crippen LogP contribution is 2.23. The van der Waals surface area contributed by atoms with Gasteiger partial charge >= 0.3 is 0 Å². The number of aryl methyl sites for hydroxylation is 2. The highest BCUT2D eigenvalue weighted by atomic mass is 35.7. The van der Waals surface area contributed by atoms with E-state index in [1.165, 1.54) is 6.20 Å². The number of methoxy groups -OCH3 is 1. The fraction of sp³-hybridized carbons (Fsp3) is 0.357. The Balaban J connectivity index is 2.44. The average Bonchev–Trinajstić information content (AvgIpc) is 2.82. The number of ether oxygens (including phenoxy) is 1. The zero-order chi connectivity index (χ0) is 15.6. The Morgan fingerprint density at radius 2 is 2.10 bits per heavy atom. The van der Waals surface area contributed by atoms with E-state index in [2.05, 4.69) is 4.98 Å². The van der Waals surface area contributed by atoms with Gasteiger partial charge in [-0.05, 0) is 13.0 Å². The number of hydrogen-bond donors (Lipinski definition) is 0. The monoisotopic (exact) mass is 328 g/mol. The van der Waals surface area contributed by atoms with E-state index in [0.717, 1.165) is 16.9 Å². The van der Waals surface area contributed by atoms with Crippen molar-refractivity contribution in [3.8, 4) is 5.75 Å². The van der Waals surface area contributed by atoms with Gasteiger partial charge in [0.25, 0.3) is 9.05 Å². The molecule has 0 aliphatic rings. The minimum atomic E-state index is -3.82. The Kier molecular flexibility index (Phi) is 4.58. The number of imidazole rings is 1. The molecule has 0 aliphatic carbocycles. The van der Waals surface area contributed by atoms with Crippen molar-refractivity contribution >= 4 is 19.7 Å². The SMILES string of the molecule is CCc1nc(S(=O)(=O)Cl)cn1Cc1cc(C)ccc1OC. The molecule has 1 aromatic heterocycles. The first kappa shape index (κ1) is 15.9. The summed E-state index contributed by atoms with van der Waals surface area (Å²) in [5, 5.41) is -0.118. The van der Waals surface area contributed by atoms with Gasteiger partial charge in [0.05, 0.1) is 13.7 Å². The van der Waals surface area contributed by atoms with Crippen LogP contribution in [0.5, 0.6) is 5.75 Å². The van der Waals surface area contributed by atoms with Crippen molar-refractivity contribution in [2.24, 2.45) is 0 Å². The van der Waals surface area contributed by atoms with Crippen molar-refractivity contribution in [1.82, 2.24) is 9.55 Å². The highest BCUT2D eigenvalue weighted by molar-refractivity contribution is 8.13. The van der Waals surface area contributed by atoms with Crippen molar-refractivity contribution < 1.29 is 13.2 Å². The molecule has 0 N–H and O–H groups in total. The Bertz CT molecular complexity index is 754. The fourth-order valence-corrected chi connectivity index (χ4v) is 2.87. The van der Waals surface area contributed by atoms with Crippen molar-refractivity contribution in [1.29, 1.82) is 0 Å². The molecule has 0 aliphatic heterocycles. The third-order valence-corrected chi connectivity index (χ3v) is 4.35. The normalized spacial score (nSPS) is 11.6. The molecule has 5 nitrogen and oxygen atoms in total. The topological polar surface area (TPSA) is 61.2 Å². The molecule has 1 aromatic carbocycles. The molecule has 0 spiro atoms. The molecular formula is C14H17ClN2O3S. The van der Waals surface area contributed by atoms with Gasteiger partial charge in [-0.3, -0.25) is 0 Å². The standard InChI is InChI=1S/C14H17ClN2O3S/c1-4-13-16-14(21(15,18)19)9-17(13)8-11-7-10(2)5-6-12(11)20-3/h5-7,9H,4,8H2,1-3H3. The zero-order valence-electron chi connectivity index (χ0n) is 12.1. The van der Waals surface area contributed by atoms with Gasteiger partial charge in [0.1, 0.15) is 11.6 Å². The minimum absolute atomic E-state index is 0.118. The lowest BCUT2D eigenvalue weighted by Gasteiger charge is -2.11. The molecular weight excluding hydrogens is 312 g/mol. The van der Waals surface area contributed by atoms with Crippen LogP contribution in [0.25, 0.3) is 0 Å². The summed E-state index contributed by atoms with van der Waals surface area (Å²) in [5.41, 5.74) is 2.07. The number of nitrogens with zero attached hydrogens (tertiary/aromatic N) is 2.